The summed E-state index contributed by atoms with van der Waals surface area (Å²) in [5.74, 6) is 0.732. The van der Waals surface area contributed by atoms with Crippen LogP contribution in [-0.4, -0.2) is 32.7 Å². The smallest absolute Gasteiger partial charge is 0.255 e. The van der Waals surface area contributed by atoms with Gasteiger partial charge in [0.2, 0.25) is 10.0 Å². The Balaban J connectivity index is 1.84. The van der Waals surface area contributed by atoms with E-state index in [0.29, 0.717) is 17.1 Å². The maximum atomic E-state index is 12.7. The Morgan fingerprint density at radius 2 is 1.50 bits per heavy atom. The van der Waals surface area contributed by atoms with Crippen LogP contribution in [0.3, 0.4) is 0 Å². The summed E-state index contributed by atoms with van der Waals surface area (Å²) in [6.45, 7) is 0. The molecule has 1 amide bonds. The molecule has 3 aromatic rings. The van der Waals surface area contributed by atoms with Gasteiger partial charge in [0.1, 0.15) is 16.4 Å². The Bertz CT molecular complexity index is 1080. The first kappa shape index (κ1) is 19.6. The molecule has 0 atom stereocenters. The molecule has 0 radical (unpaired) electrons. The largest absolute Gasteiger partial charge is 0.457 e. The number of hydrogen-bond acceptors (Lipinski definition) is 4. The SMILES string of the molecule is CN(C)S(=O)(=O)c1ccccc1NC(=O)c1cccc(Oc2ccccc2)c1. The van der Waals surface area contributed by atoms with E-state index >= 15 is 0 Å². The number of ether oxygens (including phenoxy) is 1. The van der Waals surface area contributed by atoms with Crippen molar-refractivity contribution < 1.29 is 17.9 Å². The first-order valence-corrected chi connectivity index (χ1v) is 9.98. The first-order valence-electron chi connectivity index (χ1n) is 8.54. The lowest BCUT2D eigenvalue weighted by Gasteiger charge is -2.15. The Labute approximate surface area is 164 Å². The van der Waals surface area contributed by atoms with Crippen LogP contribution in [0.2, 0.25) is 0 Å². The fourth-order valence-electron chi connectivity index (χ4n) is 2.51. The van der Waals surface area contributed by atoms with Crippen molar-refractivity contribution in [3.63, 3.8) is 0 Å². The van der Waals surface area contributed by atoms with Crippen molar-refractivity contribution in [2.24, 2.45) is 0 Å². The first-order chi connectivity index (χ1) is 13.4. The molecule has 0 aliphatic rings. The average Bonchev–Trinajstić information content (AvgIpc) is 2.69. The van der Waals surface area contributed by atoms with Crippen LogP contribution in [0.4, 0.5) is 5.69 Å². The third kappa shape index (κ3) is 4.39. The molecule has 28 heavy (non-hydrogen) atoms. The lowest BCUT2D eigenvalue weighted by Crippen LogP contribution is -2.24. The monoisotopic (exact) mass is 396 g/mol. The van der Waals surface area contributed by atoms with Crippen LogP contribution >= 0.6 is 0 Å². The van der Waals surface area contributed by atoms with Crippen LogP contribution in [0.5, 0.6) is 11.5 Å². The van der Waals surface area contributed by atoms with E-state index in [9.17, 15) is 13.2 Å². The molecule has 1 N–H and O–H groups in total. The standard InChI is InChI=1S/C21H20N2O4S/c1-23(2)28(25,26)20-14-7-6-13-19(20)22-21(24)16-9-8-12-18(15-16)27-17-10-4-3-5-11-17/h3-15H,1-2H3,(H,22,24). The third-order valence-electron chi connectivity index (χ3n) is 3.97. The highest BCUT2D eigenvalue weighted by Gasteiger charge is 2.22. The molecule has 0 fully saturated rings. The van der Waals surface area contributed by atoms with Crippen molar-refractivity contribution >= 4 is 21.6 Å². The Kier molecular flexibility index (Phi) is 5.77. The Morgan fingerprint density at radius 1 is 0.857 bits per heavy atom. The van der Waals surface area contributed by atoms with Crippen molar-refractivity contribution in [2.75, 3.05) is 19.4 Å². The molecule has 7 heteroatoms. The molecule has 144 valence electrons. The minimum absolute atomic E-state index is 0.0324. The molecule has 3 rings (SSSR count). The summed E-state index contributed by atoms with van der Waals surface area (Å²) in [6, 6.07) is 22.2. The molecule has 0 saturated carbocycles. The van der Waals surface area contributed by atoms with Gasteiger partial charge in [0.05, 0.1) is 5.69 Å². The number of para-hydroxylation sites is 2. The van der Waals surface area contributed by atoms with E-state index in [1.807, 2.05) is 30.3 Å². The summed E-state index contributed by atoms with van der Waals surface area (Å²) in [5.41, 5.74) is 0.570. The zero-order valence-electron chi connectivity index (χ0n) is 15.5. The van der Waals surface area contributed by atoms with Gasteiger partial charge in [0.25, 0.3) is 5.91 Å². The van der Waals surface area contributed by atoms with Crippen LogP contribution < -0.4 is 10.1 Å². The minimum Gasteiger partial charge on any atom is -0.457 e. The minimum atomic E-state index is -3.69. The van der Waals surface area contributed by atoms with Crippen molar-refractivity contribution in [3.8, 4) is 11.5 Å². The Morgan fingerprint density at radius 3 is 2.21 bits per heavy atom. The highest BCUT2D eigenvalue weighted by molar-refractivity contribution is 7.89. The average molecular weight is 396 g/mol. The number of nitrogens with zero attached hydrogens (tertiary/aromatic N) is 1. The number of hydrogen-bond donors (Lipinski definition) is 1. The second-order valence-electron chi connectivity index (χ2n) is 6.18. The van der Waals surface area contributed by atoms with Crippen molar-refractivity contribution in [2.45, 2.75) is 4.90 Å². The number of benzene rings is 3. The van der Waals surface area contributed by atoms with Gasteiger partial charge in [-0.25, -0.2) is 12.7 Å². The second kappa shape index (κ2) is 8.24. The van der Waals surface area contributed by atoms with Gasteiger partial charge in [-0.3, -0.25) is 4.79 Å². The van der Waals surface area contributed by atoms with Crippen molar-refractivity contribution in [1.29, 1.82) is 0 Å². The van der Waals surface area contributed by atoms with E-state index in [2.05, 4.69) is 5.32 Å². The molecule has 0 heterocycles. The molecule has 0 spiro atoms. The summed E-state index contributed by atoms with van der Waals surface area (Å²) >= 11 is 0. The number of anilines is 1. The van der Waals surface area contributed by atoms with Gasteiger partial charge in [-0.2, -0.15) is 0 Å². The van der Waals surface area contributed by atoms with Gasteiger partial charge in [0, 0.05) is 19.7 Å². The number of rotatable bonds is 6. The van der Waals surface area contributed by atoms with Crippen LogP contribution in [0.1, 0.15) is 10.4 Å². The lowest BCUT2D eigenvalue weighted by molar-refractivity contribution is 0.102. The van der Waals surface area contributed by atoms with Gasteiger partial charge >= 0.3 is 0 Å². The van der Waals surface area contributed by atoms with Crippen LogP contribution in [0, 0.1) is 0 Å². The molecule has 0 aromatic heterocycles. The number of carbonyl (C=O) groups is 1. The summed E-state index contributed by atoms with van der Waals surface area (Å²) in [4.78, 5) is 12.7. The number of nitrogens with one attached hydrogen (secondary N) is 1. The zero-order valence-corrected chi connectivity index (χ0v) is 16.3. The van der Waals surface area contributed by atoms with Crippen molar-refractivity contribution in [1.82, 2.24) is 4.31 Å². The normalized spacial score (nSPS) is 11.2. The maximum absolute atomic E-state index is 12.7. The molecule has 0 bridgehead atoms. The molecule has 3 aromatic carbocycles. The van der Waals surface area contributed by atoms with Gasteiger partial charge in [0.15, 0.2) is 0 Å². The molecular formula is C21H20N2O4S. The highest BCUT2D eigenvalue weighted by Crippen LogP contribution is 2.25. The van der Waals surface area contributed by atoms with E-state index in [0.717, 1.165) is 4.31 Å². The molecular weight excluding hydrogens is 376 g/mol. The molecule has 0 aliphatic carbocycles. The zero-order chi connectivity index (χ0) is 20.1. The quantitative estimate of drug-likeness (QED) is 0.684. The van der Waals surface area contributed by atoms with Gasteiger partial charge in [-0.05, 0) is 42.5 Å². The van der Waals surface area contributed by atoms with E-state index < -0.39 is 15.9 Å². The fraction of sp³-hybridized carbons (Fsp3) is 0.0952. The maximum Gasteiger partial charge on any atom is 0.255 e. The highest BCUT2D eigenvalue weighted by atomic mass is 32.2. The van der Waals surface area contributed by atoms with E-state index in [4.69, 9.17) is 4.74 Å². The number of amides is 1. The van der Waals surface area contributed by atoms with Crippen LogP contribution in [-0.2, 0) is 10.0 Å². The second-order valence-corrected chi connectivity index (χ2v) is 8.30. The van der Waals surface area contributed by atoms with Crippen LogP contribution in [0.15, 0.2) is 83.8 Å². The predicted molar refractivity (Wildman–Crippen MR) is 108 cm³/mol. The van der Waals surface area contributed by atoms with E-state index in [1.54, 1.807) is 42.5 Å². The topological polar surface area (TPSA) is 75.7 Å². The number of carbonyl (C=O) groups excluding carboxylic acids is 1. The van der Waals surface area contributed by atoms with E-state index in [-0.39, 0.29) is 10.6 Å². The summed E-state index contributed by atoms with van der Waals surface area (Å²) in [5, 5.41) is 2.68. The predicted octanol–water partition coefficient (Wildman–Crippen LogP) is 3.98. The van der Waals surface area contributed by atoms with E-state index in [1.165, 1.54) is 20.2 Å². The molecule has 0 aliphatic heterocycles. The summed E-state index contributed by atoms with van der Waals surface area (Å²) in [7, 11) is -0.805. The molecule has 0 saturated heterocycles. The lowest BCUT2D eigenvalue weighted by atomic mass is 10.2. The van der Waals surface area contributed by atoms with Crippen LogP contribution in [0.25, 0.3) is 0 Å². The van der Waals surface area contributed by atoms with Gasteiger partial charge in [-0.1, -0.05) is 36.4 Å². The Hall–Kier alpha value is -3.16. The van der Waals surface area contributed by atoms with Crippen molar-refractivity contribution in [3.05, 3.63) is 84.4 Å². The summed E-state index contributed by atoms with van der Waals surface area (Å²) in [6.07, 6.45) is 0. The molecule has 6 nitrogen and oxygen atoms in total. The van der Waals surface area contributed by atoms with Gasteiger partial charge in [-0.15, -0.1) is 0 Å². The van der Waals surface area contributed by atoms with Gasteiger partial charge < -0.3 is 10.1 Å². The molecule has 0 unspecified atom stereocenters. The number of sulfonamides is 1. The fourth-order valence-corrected chi connectivity index (χ4v) is 3.55. The summed E-state index contributed by atoms with van der Waals surface area (Å²) < 4.78 is 31.8. The third-order valence-corrected chi connectivity index (χ3v) is 5.84.